The summed E-state index contributed by atoms with van der Waals surface area (Å²) in [6.45, 7) is 0.735. The number of pyridine rings is 1. The quantitative estimate of drug-likeness (QED) is 0.665. The molecule has 3 heteroatoms. The molecule has 1 aliphatic heterocycles. The smallest absolute Gasteiger partial charge is 0.0872 e. The molecule has 1 N–H and O–H groups in total. The molecule has 0 radical (unpaired) electrons. The highest BCUT2D eigenvalue weighted by molar-refractivity contribution is 5.76. The van der Waals surface area contributed by atoms with Crippen LogP contribution in [0.2, 0.25) is 0 Å². The fourth-order valence-corrected chi connectivity index (χ4v) is 1.07. The lowest BCUT2D eigenvalue weighted by Crippen LogP contribution is -2.14. The average Bonchev–Trinajstić information content (AvgIpc) is 2.21. The second kappa shape index (κ2) is 3.17. The van der Waals surface area contributed by atoms with E-state index in [9.17, 15) is 0 Å². The van der Waals surface area contributed by atoms with Gasteiger partial charge in [-0.15, -0.1) is 0 Å². The van der Waals surface area contributed by atoms with E-state index >= 15 is 0 Å². The Morgan fingerprint density at radius 2 is 2.33 bits per heavy atom. The standard InChI is InChI=1S/C9H9N3/c1-2-5-11-8(3-1)9-4-6-10-7-12-9/h1-5,7H,6H2,(H,10,12). The van der Waals surface area contributed by atoms with E-state index in [4.69, 9.17) is 0 Å². The summed E-state index contributed by atoms with van der Waals surface area (Å²) in [6.07, 6.45) is 5.50. The highest BCUT2D eigenvalue weighted by Gasteiger charge is 2.01. The highest BCUT2D eigenvalue weighted by Crippen LogP contribution is 2.07. The molecule has 60 valence electrons. The van der Waals surface area contributed by atoms with Gasteiger partial charge in [-0.1, -0.05) is 6.07 Å². The van der Waals surface area contributed by atoms with Crippen molar-refractivity contribution in [2.24, 2.45) is 4.99 Å². The van der Waals surface area contributed by atoms with Crippen molar-refractivity contribution in [2.75, 3.05) is 6.54 Å². The predicted molar refractivity (Wildman–Crippen MR) is 48.7 cm³/mol. The first kappa shape index (κ1) is 7.03. The van der Waals surface area contributed by atoms with Gasteiger partial charge in [0.05, 0.1) is 24.3 Å². The molecule has 2 heterocycles. The van der Waals surface area contributed by atoms with E-state index in [1.54, 1.807) is 12.5 Å². The average molecular weight is 159 g/mol. The Kier molecular flexibility index (Phi) is 1.86. The van der Waals surface area contributed by atoms with Crippen LogP contribution >= 0.6 is 0 Å². The summed E-state index contributed by atoms with van der Waals surface area (Å²) in [5, 5.41) is 3.04. The maximum Gasteiger partial charge on any atom is 0.0872 e. The lowest BCUT2D eigenvalue weighted by Gasteiger charge is -2.08. The third-order valence-electron chi connectivity index (χ3n) is 1.65. The summed E-state index contributed by atoms with van der Waals surface area (Å²) in [7, 11) is 0. The van der Waals surface area contributed by atoms with Crippen LogP contribution in [0.15, 0.2) is 35.5 Å². The first-order chi connectivity index (χ1) is 5.97. The molecule has 1 aromatic heterocycles. The van der Waals surface area contributed by atoms with E-state index in [-0.39, 0.29) is 0 Å². The van der Waals surface area contributed by atoms with E-state index < -0.39 is 0 Å². The molecule has 0 spiro atoms. The minimum atomic E-state index is 0.735. The van der Waals surface area contributed by atoms with Crippen LogP contribution in [0.3, 0.4) is 0 Å². The summed E-state index contributed by atoms with van der Waals surface area (Å²) in [6, 6.07) is 5.84. The first-order valence-electron chi connectivity index (χ1n) is 3.83. The first-order valence-corrected chi connectivity index (χ1v) is 3.83. The van der Waals surface area contributed by atoms with E-state index in [2.05, 4.69) is 15.3 Å². The number of aromatic nitrogens is 1. The summed E-state index contributed by atoms with van der Waals surface area (Å²) >= 11 is 0. The third-order valence-corrected chi connectivity index (χ3v) is 1.65. The maximum absolute atomic E-state index is 4.21. The predicted octanol–water partition coefficient (Wildman–Crippen LogP) is 1.05. The number of nitrogens with zero attached hydrogens (tertiary/aromatic N) is 2. The lowest BCUT2D eigenvalue weighted by molar-refractivity contribution is 1.12. The van der Waals surface area contributed by atoms with Crippen molar-refractivity contribution >= 4 is 12.0 Å². The van der Waals surface area contributed by atoms with Gasteiger partial charge < -0.3 is 5.32 Å². The molecule has 0 bridgehead atoms. The van der Waals surface area contributed by atoms with Crippen molar-refractivity contribution in [1.29, 1.82) is 0 Å². The van der Waals surface area contributed by atoms with Gasteiger partial charge in [0.25, 0.3) is 0 Å². The molecule has 3 nitrogen and oxygen atoms in total. The largest absolute Gasteiger partial charge is 0.345 e. The van der Waals surface area contributed by atoms with Crippen molar-refractivity contribution in [3.05, 3.63) is 36.2 Å². The number of hydrogen-bond donors (Lipinski definition) is 1. The van der Waals surface area contributed by atoms with Crippen LogP contribution in [0.1, 0.15) is 5.69 Å². The molecule has 0 unspecified atom stereocenters. The second-order valence-electron chi connectivity index (χ2n) is 2.47. The van der Waals surface area contributed by atoms with Gasteiger partial charge in [-0.2, -0.15) is 0 Å². The Hall–Kier alpha value is -1.64. The third kappa shape index (κ3) is 1.34. The molecule has 0 fully saturated rings. The second-order valence-corrected chi connectivity index (χ2v) is 2.47. The Morgan fingerprint density at radius 3 is 3.00 bits per heavy atom. The molecule has 0 saturated carbocycles. The van der Waals surface area contributed by atoms with Crippen LogP contribution in [0, 0.1) is 0 Å². The topological polar surface area (TPSA) is 37.3 Å². The molecule has 0 saturated heterocycles. The normalized spacial score (nSPS) is 15.2. The van der Waals surface area contributed by atoms with E-state index in [0.29, 0.717) is 0 Å². The minimum Gasteiger partial charge on any atom is -0.345 e. The summed E-state index contributed by atoms with van der Waals surface area (Å²) in [5.41, 5.74) is 1.99. The van der Waals surface area contributed by atoms with Crippen LogP contribution in [0.25, 0.3) is 5.70 Å². The molecule has 0 atom stereocenters. The molecule has 12 heavy (non-hydrogen) atoms. The van der Waals surface area contributed by atoms with Crippen molar-refractivity contribution in [2.45, 2.75) is 0 Å². The van der Waals surface area contributed by atoms with Gasteiger partial charge in [-0.25, -0.2) is 0 Å². The van der Waals surface area contributed by atoms with E-state index in [0.717, 1.165) is 17.9 Å². The molecular formula is C9H9N3. The van der Waals surface area contributed by atoms with Gasteiger partial charge in [0, 0.05) is 6.20 Å². The Balaban J connectivity index is 2.26. The summed E-state index contributed by atoms with van der Waals surface area (Å²) in [5.74, 6) is 0. The van der Waals surface area contributed by atoms with Gasteiger partial charge in [0.1, 0.15) is 0 Å². The van der Waals surface area contributed by atoms with Gasteiger partial charge in [-0.05, 0) is 18.2 Å². The zero-order chi connectivity index (χ0) is 8.23. The molecule has 0 aliphatic carbocycles. The lowest BCUT2D eigenvalue weighted by atomic mass is 10.2. The van der Waals surface area contributed by atoms with Gasteiger partial charge in [0.2, 0.25) is 0 Å². The molecule has 2 rings (SSSR count). The van der Waals surface area contributed by atoms with Crippen LogP contribution < -0.4 is 5.32 Å². The van der Waals surface area contributed by atoms with E-state index in [1.165, 1.54) is 0 Å². The van der Waals surface area contributed by atoms with Gasteiger partial charge in [-0.3, -0.25) is 9.98 Å². The molecule has 0 amide bonds. The molecule has 1 aromatic rings. The van der Waals surface area contributed by atoms with Crippen LogP contribution in [0.5, 0.6) is 0 Å². The summed E-state index contributed by atoms with van der Waals surface area (Å²) < 4.78 is 0. The highest BCUT2D eigenvalue weighted by atomic mass is 15.0. The molecular weight excluding hydrogens is 150 g/mol. The van der Waals surface area contributed by atoms with E-state index in [1.807, 2.05) is 24.3 Å². The monoisotopic (exact) mass is 159 g/mol. The minimum absolute atomic E-state index is 0.735. The number of rotatable bonds is 1. The van der Waals surface area contributed by atoms with Crippen molar-refractivity contribution in [3.63, 3.8) is 0 Å². The Morgan fingerprint density at radius 1 is 1.33 bits per heavy atom. The number of hydrogen-bond acceptors (Lipinski definition) is 3. The Labute approximate surface area is 70.9 Å². The Bertz CT molecular complexity index is 314. The van der Waals surface area contributed by atoms with Crippen LogP contribution in [-0.4, -0.2) is 17.9 Å². The number of nitrogens with one attached hydrogen (secondary N) is 1. The van der Waals surface area contributed by atoms with Crippen LogP contribution in [-0.2, 0) is 0 Å². The van der Waals surface area contributed by atoms with Crippen molar-refractivity contribution in [3.8, 4) is 0 Å². The fourth-order valence-electron chi connectivity index (χ4n) is 1.07. The molecule has 1 aliphatic rings. The van der Waals surface area contributed by atoms with Crippen LogP contribution in [0.4, 0.5) is 0 Å². The zero-order valence-electron chi connectivity index (χ0n) is 6.57. The maximum atomic E-state index is 4.21. The van der Waals surface area contributed by atoms with Crippen molar-refractivity contribution < 1.29 is 0 Å². The SMILES string of the molecule is C1=NCC=C(c2ccccn2)N1. The summed E-state index contributed by atoms with van der Waals surface area (Å²) in [4.78, 5) is 8.22. The molecule has 0 aromatic carbocycles. The number of aliphatic imine (C=N–C) groups is 1. The van der Waals surface area contributed by atoms with Gasteiger partial charge >= 0.3 is 0 Å². The zero-order valence-corrected chi connectivity index (χ0v) is 6.57. The van der Waals surface area contributed by atoms with Crippen molar-refractivity contribution in [1.82, 2.24) is 10.3 Å². The van der Waals surface area contributed by atoms with Gasteiger partial charge in [0.15, 0.2) is 0 Å². The fraction of sp³-hybridized carbons (Fsp3) is 0.111.